The van der Waals surface area contributed by atoms with Gasteiger partial charge in [0, 0.05) is 23.5 Å². The Morgan fingerprint density at radius 2 is 1.96 bits per heavy atom. The first kappa shape index (κ1) is 16.1. The van der Waals surface area contributed by atoms with Crippen molar-refractivity contribution in [3.63, 3.8) is 0 Å². The normalized spacial score (nSPS) is 13.5. The van der Waals surface area contributed by atoms with E-state index in [0.717, 1.165) is 16.5 Å². The SMILES string of the molecule is O=C1C=C(COC(=O)CCCOc2cccc3ccccc23)CO1. The zero-order valence-electron chi connectivity index (χ0n) is 13.2. The number of esters is 2. The van der Waals surface area contributed by atoms with Crippen LogP contribution in [0.2, 0.25) is 0 Å². The molecule has 24 heavy (non-hydrogen) atoms. The fraction of sp³-hybridized carbons (Fsp3) is 0.263. The van der Waals surface area contributed by atoms with Crippen molar-refractivity contribution >= 4 is 22.7 Å². The molecule has 5 nitrogen and oxygen atoms in total. The molecule has 0 saturated heterocycles. The molecule has 0 radical (unpaired) electrons. The first-order chi connectivity index (χ1) is 11.7. The van der Waals surface area contributed by atoms with Gasteiger partial charge in [0.2, 0.25) is 0 Å². The van der Waals surface area contributed by atoms with Crippen LogP contribution in [0.15, 0.2) is 54.1 Å². The van der Waals surface area contributed by atoms with Gasteiger partial charge in [-0.1, -0.05) is 36.4 Å². The number of hydrogen-bond acceptors (Lipinski definition) is 5. The van der Waals surface area contributed by atoms with Crippen molar-refractivity contribution in [3.05, 3.63) is 54.1 Å². The predicted molar refractivity (Wildman–Crippen MR) is 88.7 cm³/mol. The van der Waals surface area contributed by atoms with Gasteiger partial charge in [0.05, 0.1) is 6.61 Å². The summed E-state index contributed by atoms with van der Waals surface area (Å²) in [5.41, 5.74) is 0.681. The van der Waals surface area contributed by atoms with Gasteiger partial charge >= 0.3 is 11.9 Å². The number of ether oxygens (including phenoxy) is 3. The molecular weight excluding hydrogens is 308 g/mol. The second-order valence-electron chi connectivity index (χ2n) is 5.50. The Kier molecular flexibility index (Phi) is 5.11. The molecule has 2 aromatic carbocycles. The van der Waals surface area contributed by atoms with E-state index in [1.165, 1.54) is 6.08 Å². The Morgan fingerprint density at radius 1 is 1.12 bits per heavy atom. The van der Waals surface area contributed by atoms with Gasteiger partial charge in [-0.05, 0) is 17.9 Å². The smallest absolute Gasteiger partial charge is 0.331 e. The number of hydrogen-bond donors (Lipinski definition) is 0. The highest BCUT2D eigenvalue weighted by Gasteiger charge is 2.14. The summed E-state index contributed by atoms with van der Waals surface area (Å²) in [7, 11) is 0. The number of carbonyl (C=O) groups excluding carboxylic acids is 2. The van der Waals surface area contributed by atoms with Crippen LogP contribution in [0.1, 0.15) is 12.8 Å². The van der Waals surface area contributed by atoms with Gasteiger partial charge in [-0.25, -0.2) is 4.79 Å². The lowest BCUT2D eigenvalue weighted by molar-refractivity contribution is -0.142. The third-order valence-electron chi connectivity index (χ3n) is 3.67. The number of fused-ring (bicyclic) bond motifs is 1. The molecule has 3 rings (SSSR count). The van der Waals surface area contributed by atoms with Crippen LogP contribution in [0.5, 0.6) is 5.75 Å². The topological polar surface area (TPSA) is 61.8 Å². The standard InChI is InChI=1S/C19H18O5/c20-18(23-12-14-11-19(21)24-13-14)9-4-10-22-17-8-3-6-15-5-1-2-7-16(15)17/h1-3,5-8,11H,4,9-10,12-13H2. The van der Waals surface area contributed by atoms with Gasteiger partial charge in [0.1, 0.15) is 19.0 Å². The van der Waals surface area contributed by atoms with Crippen LogP contribution < -0.4 is 4.74 Å². The van der Waals surface area contributed by atoms with Gasteiger partial charge in [-0.15, -0.1) is 0 Å². The average Bonchev–Trinajstić information content (AvgIpc) is 3.02. The maximum atomic E-state index is 11.7. The largest absolute Gasteiger partial charge is 0.493 e. The van der Waals surface area contributed by atoms with Crippen LogP contribution in [0.3, 0.4) is 0 Å². The summed E-state index contributed by atoms with van der Waals surface area (Å²) in [6.45, 7) is 0.748. The molecule has 0 atom stereocenters. The summed E-state index contributed by atoms with van der Waals surface area (Å²) in [6.07, 6.45) is 2.19. The fourth-order valence-electron chi connectivity index (χ4n) is 2.46. The summed E-state index contributed by atoms with van der Waals surface area (Å²) in [5.74, 6) is 0.120. The first-order valence-electron chi connectivity index (χ1n) is 7.85. The first-order valence-corrected chi connectivity index (χ1v) is 7.85. The summed E-state index contributed by atoms with van der Waals surface area (Å²) in [5, 5.41) is 2.18. The van der Waals surface area contributed by atoms with E-state index in [-0.39, 0.29) is 31.6 Å². The minimum atomic E-state index is -0.385. The molecule has 0 fully saturated rings. The maximum absolute atomic E-state index is 11.7. The Labute approximate surface area is 139 Å². The number of carbonyl (C=O) groups is 2. The number of rotatable bonds is 7. The monoisotopic (exact) mass is 326 g/mol. The van der Waals surface area contributed by atoms with Gasteiger partial charge in [0.15, 0.2) is 0 Å². The van der Waals surface area contributed by atoms with E-state index < -0.39 is 0 Å². The van der Waals surface area contributed by atoms with E-state index in [1.807, 2.05) is 42.5 Å². The van der Waals surface area contributed by atoms with Crippen molar-refractivity contribution in [2.75, 3.05) is 19.8 Å². The van der Waals surface area contributed by atoms with Crippen molar-refractivity contribution in [2.24, 2.45) is 0 Å². The van der Waals surface area contributed by atoms with Crippen LogP contribution in [0.4, 0.5) is 0 Å². The Balaban J connectivity index is 1.41. The second-order valence-corrected chi connectivity index (χ2v) is 5.50. The Hall–Kier alpha value is -2.82. The Morgan fingerprint density at radius 3 is 2.79 bits per heavy atom. The molecule has 0 bridgehead atoms. The fourth-order valence-corrected chi connectivity index (χ4v) is 2.46. The zero-order chi connectivity index (χ0) is 16.8. The number of benzene rings is 2. The summed E-state index contributed by atoms with van der Waals surface area (Å²) in [4.78, 5) is 22.6. The third kappa shape index (κ3) is 4.13. The van der Waals surface area contributed by atoms with Gasteiger partial charge in [-0.3, -0.25) is 4.79 Å². The van der Waals surface area contributed by atoms with E-state index in [9.17, 15) is 9.59 Å². The van der Waals surface area contributed by atoms with Crippen molar-refractivity contribution in [1.29, 1.82) is 0 Å². The summed E-state index contributed by atoms with van der Waals surface area (Å²) < 4.78 is 15.6. The van der Waals surface area contributed by atoms with Crippen molar-refractivity contribution in [3.8, 4) is 5.75 Å². The molecule has 0 amide bonds. The molecule has 1 aliphatic rings. The highest BCUT2D eigenvalue weighted by molar-refractivity contribution is 5.88. The Bertz CT molecular complexity index is 773. The predicted octanol–water partition coefficient (Wildman–Crippen LogP) is 3.03. The van der Waals surface area contributed by atoms with Crippen molar-refractivity contribution in [1.82, 2.24) is 0 Å². The molecule has 0 aromatic heterocycles. The summed E-state index contributed by atoms with van der Waals surface area (Å²) >= 11 is 0. The zero-order valence-corrected chi connectivity index (χ0v) is 13.2. The number of cyclic esters (lactones) is 1. The van der Waals surface area contributed by atoms with Gasteiger partial charge in [0.25, 0.3) is 0 Å². The molecule has 0 spiro atoms. The molecule has 0 unspecified atom stereocenters. The lowest BCUT2D eigenvalue weighted by Gasteiger charge is -2.09. The minimum absolute atomic E-state index is 0.106. The second kappa shape index (κ2) is 7.64. The van der Waals surface area contributed by atoms with E-state index >= 15 is 0 Å². The molecule has 124 valence electrons. The molecule has 2 aromatic rings. The van der Waals surface area contributed by atoms with Gasteiger partial charge < -0.3 is 14.2 Å². The van der Waals surface area contributed by atoms with Crippen LogP contribution in [0.25, 0.3) is 10.8 Å². The molecule has 0 saturated carbocycles. The van der Waals surface area contributed by atoms with Crippen LogP contribution in [-0.4, -0.2) is 31.8 Å². The lowest BCUT2D eigenvalue weighted by atomic mass is 10.1. The summed E-state index contributed by atoms with van der Waals surface area (Å²) in [6, 6.07) is 13.9. The molecular formula is C19H18O5. The van der Waals surface area contributed by atoms with Crippen molar-refractivity contribution < 1.29 is 23.8 Å². The third-order valence-corrected chi connectivity index (χ3v) is 3.67. The maximum Gasteiger partial charge on any atom is 0.331 e. The molecule has 0 aliphatic carbocycles. The molecule has 1 aliphatic heterocycles. The van der Waals surface area contributed by atoms with Crippen LogP contribution in [0, 0.1) is 0 Å². The van der Waals surface area contributed by atoms with Crippen LogP contribution >= 0.6 is 0 Å². The minimum Gasteiger partial charge on any atom is -0.493 e. The lowest BCUT2D eigenvalue weighted by Crippen LogP contribution is -2.10. The van der Waals surface area contributed by atoms with E-state index in [0.29, 0.717) is 18.6 Å². The van der Waals surface area contributed by atoms with Crippen LogP contribution in [-0.2, 0) is 19.1 Å². The highest BCUT2D eigenvalue weighted by Crippen LogP contribution is 2.25. The molecule has 1 heterocycles. The molecule has 0 N–H and O–H groups in total. The van der Waals surface area contributed by atoms with E-state index in [1.54, 1.807) is 0 Å². The molecule has 5 heteroatoms. The van der Waals surface area contributed by atoms with Crippen molar-refractivity contribution in [2.45, 2.75) is 12.8 Å². The quantitative estimate of drug-likeness (QED) is 0.578. The highest BCUT2D eigenvalue weighted by atomic mass is 16.5. The average molecular weight is 326 g/mol. The van der Waals surface area contributed by atoms with E-state index in [4.69, 9.17) is 14.2 Å². The van der Waals surface area contributed by atoms with E-state index in [2.05, 4.69) is 0 Å². The van der Waals surface area contributed by atoms with Gasteiger partial charge in [-0.2, -0.15) is 0 Å².